The number of pyridine rings is 1. The normalized spacial score (nSPS) is 11.8. The predicted molar refractivity (Wildman–Crippen MR) is 65.6 cm³/mol. The second kappa shape index (κ2) is 7.12. The van der Waals surface area contributed by atoms with Crippen LogP contribution in [0.2, 0.25) is 0 Å². The van der Waals surface area contributed by atoms with Crippen molar-refractivity contribution in [3.8, 4) is 0 Å². The van der Waals surface area contributed by atoms with Gasteiger partial charge in [-0.25, -0.2) is 4.39 Å². The zero-order valence-corrected chi connectivity index (χ0v) is 9.96. The van der Waals surface area contributed by atoms with E-state index in [9.17, 15) is 4.39 Å². The predicted octanol–water partition coefficient (Wildman–Crippen LogP) is 3.01. The molecule has 0 radical (unpaired) electrons. The smallest absolute Gasteiger partial charge is 0.148 e. The van der Waals surface area contributed by atoms with E-state index in [0.717, 1.165) is 31.5 Å². The van der Waals surface area contributed by atoms with E-state index in [0.29, 0.717) is 5.56 Å². The molecule has 1 rings (SSSR count). The summed E-state index contributed by atoms with van der Waals surface area (Å²) >= 11 is 0. The number of hydrogen-bond acceptors (Lipinski definition) is 2. The van der Waals surface area contributed by atoms with Crippen molar-refractivity contribution in [3.05, 3.63) is 35.9 Å². The number of nitrogens with one attached hydrogen (secondary N) is 1. The molecule has 0 bridgehead atoms. The zero-order chi connectivity index (χ0) is 11.8. The Morgan fingerprint density at radius 3 is 3.00 bits per heavy atom. The lowest BCUT2D eigenvalue weighted by Gasteiger charge is -2.03. The first-order valence-corrected chi connectivity index (χ1v) is 5.73. The van der Waals surface area contributed by atoms with E-state index in [-0.39, 0.29) is 5.82 Å². The van der Waals surface area contributed by atoms with Crippen molar-refractivity contribution in [2.24, 2.45) is 0 Å². The number of nitrogens with zero attached hydrogens (tertiary/aromatic N) is 1. The molecule has 3 heteroatoms. The van der Waals surface area contributed by atoms with Crippen LogP contribution in [-0.4, -0.2) is 18.1 Å². The molecule has 0 amide bonds. The minimum absolute atomic E-state index is 0.252. The Balaban J connectivity index is 2.47. The summed E-state index contributed by atoms with van der Waals surface area (Å²) in [6.45, 7) is 6.05. The first-order valence-electron chi connectivity index (χ1n) is 5.73. The van der Waals surface area contributed by atoms with Gasteiger partial charge in [0.2, 0.25) is 0 Å². The SMILES string of the molecule is CCCNCC/C=C(/C)c1ccncc1F. The van der Waals surface area contributed by atoms with Crippen LogP contribution in [0.25, 0.3) is 5.57 Å². The van der Waals surface area contributed by atoms with E-state index in [1.165, 1.54) is 6.20 Å². The summed E-state index contributed by atoms with van der Waals surface area (Å²) in [6, 6.07) is 1.71. The van der Waals surface area contributed by atoms with Gasteiger partial charge < -0.3 is 5.32 Å². The molecular formula is C13H19FN2. The van der Waals surface area contributed by atoms with E-state index in [1.807, 2.05) is 6.92 Å². The van der Waals surface area contributed by atoms with Crippen LogP contribution in [0.3, 0.4) is 0 Å². The molecular weight excluding hydrogens is 203 g/mol. The Bertz CT molecular complexity index is 348. The second-order valence-corrected chi connectivity index (χ2v) is 3.78. The molecule has 1 N–H and O–H groups in total. The Labute approximate surface area is 96.6 Å². The Morgan fingerprint density at radius 2 is 2.31 bits per heavy atom. The third kappa shape index (κ3) is 4.11. The first-order chi connectivity index (χ1) is 7.75. The molecule has 0 aliphatic rings. The minimum atomic E-state index is -0.252. The molecule has 0 fully saturated rings. The van der Waals surface area contributed by atoms with Gasteiger partial charge in [0.05, 0.1) is 6.20 Å². The average molecular weight is 222 g/mol. The van der Waals surface area contributed by atoms with Gasteiger partial charge in [-0.2, -0.15) is 0 Å². The molecule has 2 nitrogen and oxygen atoms in total. The fourth-order valence-corrected chi connectivity index (χ4v) is 1.50. The Hall–Kier alpha value is -1.22. The molecule has 88 valence electrons. The fraction of sp³-hybridized carbons (Fsp3) is 0.462. The highest BCUT2D eigenvalue weighted by Crippen LogP contribution is 2.16. The van der Waals surface area contributed by atoms with Crippen molar-refractivity contribution in [2.45, 2.75) is 26.7 Å². The summed E-state index contributed by atoms with van der Waals surface area (Å²) < 4.78 is 13.4. The molecule has 0 atom stereocenters. The molecule has 0 spiro atoms. The van der Waals surface area contributed by atoms with Crippen LogP contribution in [0.15, 0.2) is 24.5 Å². The number of halogens is 1. The lowest BCUT2D eigenvalue weighted by Crippen LogP contribution is -2.15. The zero-order valence-electron chi connectivity index (χ0n) is 9.96. The highest BCUT2D eigenvalue weighted by molar-refractivity contribution is 5.63. The summed E-state index contributed by atoms with van der Waals surface area (Å²) in [5.74, 6) is -0.252. The first kappa shape index (κ1) is 12.8. The maximum Gasteiger partial charge on any atom is 0.148 e. The maximum atomic E-state index is 13.4. The summed E-state index contributed by atoms with van der Waals surface area (Å²) in [4.78, 5) is 3.73. The Kier molecular flexibility index (Phi) is 5.72. The quantitative estimate of drug-likeness (QED) is 0.748. The number of hydrogen-bond donors (Lipinski definition) is 1. The number of aromatic nitrogens is 1. The fourth-order valence-electron chi connectivity index (χ4n) is 1.50. The topological polar surface area (TPSA) is 24.9 Å². The van der Waals surface area contributed by atoms with Crippen LogP contribution >= 0.6 is 0 Å². The minimum Gasteiger partial charge on any atom is -0.316 e. The molecule has 1 heterocycles. The van der Waals surface area contributed by atoms with Crippen LogP contribution in [0, 0.1) is 5.82 Å². The van der Waals surface area contributed by atoms with Crippen molar-refractivity contribution in [3.63, 3.8) is 0 Å². The highest BCUT2D eigenvalue weighted by atomic mass is 19.1. The van der Waals surface area contributed by atoms with Crippen molar-refractivity contribution >= 4 is 5.57 Å². The Morgan fingerprint density at radius 1 is 1.50 bits per heavy atom. The van der Waals surface area contributed by atoms with Gasteiger partial charge in [0.15, 0.2) is 0 Å². The lowest BCUT2D eigenvalue weighted by atomic mass is 10.1. The van der Waals surface area contributed by atoms with Crippen LogP contribution in [0.4, 0.5) is 4.39 Å². The van der Waals surface area contributed by atoms with E-state index < -0.39 is 0 Å². The van der Waals surface area contributed by atoms with E-state index in [2.05, 4.69) is 23.3 Å². The summed E-state index contributed by atoms with van der Waals surface area (Å²) in [7, 11) is 0. The van der Waals surface area contributed by atoms with Crippen LogP contribution in [0.5, 0.6) is 0 Å². The van der Waals surface area contributed by atoms with Gasteiger partial charge in [-0.3, -0.25) is 4.98 Å². The van der Waals surface area contributed by atoms with Crippen LogP contribution < -0.4 is 5.32 Å². The molecule has 1 aromatic heterocycles. The molecule has 0 saturated carbocycles. The van der Waals surface area contributed by atoms with Gasteiger partial charge in [-0.05, 0) is 44.5 Å². The van der Waals surface area contributed by atoms with Gasteiger partial charge in [-0.1, -0.05) is 13.0 Å². The monoisotopic (exact) mass is 222 g/mol. The van der Waals surface area contributed by atoms with E-state index in [1.54, 1.807) is 12.3 Å². The van der Waals surface area contributed by atoms with Gasteiger partial charge in [0.1, 0.15) is 5.82 Å². The van der Waals surface area contributed by atoms with E-state index in [4.69, 9.17) is 0 Å². The molecule has 0 aliphatic carbocycles. The van der Waals surface area contributed by atoms with Crippen LogP contribution in [0.1, 0.15) is 32.3 Å². The summed E-state index contributed by atoms with van der Waals surface area (Å²) in [5.41, 5.74) is 1.61. The van der Waals surface area contributed by atoms with Crippen molar-refractivity contribution < 1.29 is 4.39 Å². The lowest BCUT2D eigenvalue weighted by molar-refractivity contribution is 0.617. The molecule has 0 aliphatic heterocycles. The second-order valence-electron chi connectivity index (χ2n) is 3.78. The summed E-state index contributed by atoms with van der Waals surface area (Å²) in [5, 5.41) is 3.31. The maximum absolute atomic E-state index is 13.4. The molecule has 0 aromatic carbocycles. The standard InChI is InChI=1S/C13H19FN2/c1-3-7-15-8-4-5-11(2)12-6-9-16-10-13(12)14/h5-6,9-10,15H,3-4,7-8H2,1-2H3/b11-5-. The molecule has 0 saturated heterocycles. The largest absolute Gasteiger partial charge is 0.316 e. The van der Waals surface area contributed by atoms with Gasteiger partial charge >= 0.3 is 0 Å². The van der Waals surface area contributed by atoms with Gasteiger partial charge in [0.25, 0.3) is 0 Å². The van der Waals surface area contributed by atoms with Crippen molar-refractivity contribution in [1.82, 2.24) is 10.3 Å². The molecule has 16 heavy (non-hydrogen) atoms. The summed E-state index contributed by atoms with van der Waals surface area (Å²) in [6.07, 6.45) is 6.99. The number of rotatable bonds is 6. The number of allylic oxidation sites excluding steroid dienone is 1. The van der Waals surface area contributed by atoms with Gasteiger partial charge in [-0.15, -0.1) is 0 Å². The van der Waals surface area contributed by atoms with Crippen molar-refractivity contribution in [2.75, 3.05) is 13.1 Å². The molecule has 1 aromatic rings. The van der Waals surface area contributed by atoms with Crippen molar-refractivity contribution in [1.29, 1.82) is 0 Å². The third-order valence-electron chi connectivity index (χ3n) is 2.40. The third-order valence-corrected chi connectivity index (χ3v) is 2.40. The average Bonchev–Trinajstić information content (AvgIpc) is 2.29. The van der Waals surface area contributed by atoms with E-state index >= 15 is 0 Å². The van der Waals surface area contributed by atoms with Crippen LogP contribution in [-0.2, 0) is 0 Å². The van der Waals surface area contributed by atoms with Gasteiger partial charge in [0, 0.05) is 11.8 Å². The molecule has 0 unspecified atom stereocenters. The highest BCUT2D eigenvalue weighted by Gasteiger charge is 2.01.